The molecular weight excluding hydrogens is 512 g/mol. The van der Waals surface area contributed by atoms with Crippen LogP contribution in [0.4, 0.5) is 0 Å². The highest BCUT2D eigenvalue weighted by Gasteiger charge is 2.24. The minimum atomic E-state index is 0.837. The topological polar surface area (TPSA) is 26.3 Å². The summed E-state index contributed by atoms with van der Waals surface area (Å²) in [6.45, 7) is 0. The summed E-state index contributed by atoms with van der Waals surface area (Å²) in [5.41, 5.74) is 8.43. The van der Waals surface area contributed by atoms with Crippen molar-refractivity contribution in [2.75, 3.05) is 0 Å². The maximum Gasteiger partial charge on any atom is 0.182 e. The maximum absolute atomic E-state index is 6.40. The van der Waals surface area contributed by atoms with Gasteiger partial charge in [-0.05, 0) is 66.7 Å². The Kier molecular flexibility index (Phi) is 4.21. The highest BCUT2D eigenvalue weighted by Crippen LogP contribution is 2.48. The van der Waals surface area contributed by atoms with E-state index in [1.807, 2.05) is 0 Å². The standard InChI is InChI=1S/C40H22O2/c1-2-12-25-23(10-1)11-9-19-26(25)36-29-15-5-3-13-27(29)35(28-14-4-6-16-30(28)36)24-20-21-34-33(22-24)37-38-31-17-7-8-18-32(31)39(42-38)40(37)41-34/h1-22H. The van der Waals surface area contributed by atoms with Gasteiger partial charge in [-0.2, -0.15) is 0 Å². The minimum Gasteiger partial charge on any atom is -0.452 e. The average Bonchev–Trinajstić information content (AvgIpc) is 3.73. The Balaban J connectivity index is 1.32. The molecule has 0 atom stereocenters. The molecule has 2 nitrogen and oxygen atoms in total. The van der Waals surface area contributed by atoms with Crippen molar-refractivity contribution < 1.29 is 8.83 Å². The summed E-state index contributed by atoms with van der Waals surface area (Å²) in [7, 11) is 0. The molecule has 2 bridgehead atoms. The molecule has 0 N–H and O–H groups in total. The number of rotatable bonds is 2. The molecule has 0 aliphatic carbocycles. The molecule has 0 spiro atoms. The quantitative estimate of drug-likeness (QED) is 0.206. The van der Waals surface area contributed by atoms with Crippen LogP contribution in [0, 0.1) is 0 Å². The molecule has 0 saturated carbocycles. The molecule has 0 unspecified atom stereocenters. The minimum absolute atomic E-state index is 0.837. The molecule has 0 saturated heterocycles. The lowest BCUT2D eigenvalue weighted by Gasteiger charge is -2.18. The lowest BCUT2D eigenvalue weighted by atomic mass is 9.84. The Morgan fingerprint density at radius 1 is 0.357 bits per heavy atom. The molecule has 2 heteroatoms. The summed E-state index contributed by atoms with van der Waals surface area (Å²) >= 11 is 0. The first-order valence-electron chi connectivity index (χ1n) is 14.4. The van der Waals surface area contributed by atoms with E-state index in [4.69, 9.17) is 8.83 Å². The van der Waals surface area contributed by atoms with Crippen molar-refractivity contribution in [2.24, 2.45) is 0 Å². The summed E-state index contributed by atoms with van der Waals surface area (Å²) < 4.78 is 12.7. The van der Waals surface area contributed by atoms with Crippen LogP contribution in [0.1, 0.15) is 0 Å². The fraction of sp³-hybridized carbons (Fsp3) is 0. The predicted octanol–water partition coefficient (Wildman–Crippen LogP) is 11.7. The maximum atomic E-state index is 6.40. The third-order valence-corrected chi connectivity index (χ3v) is 9.02. The van der Waals surface area contributed by atoms with Gasteiger partial charge in [0, 0.05) is 16.2 Å². The van der Waals surface area contributed by atoms with Crippen LogP contribution in [0.25, 0.3) is 98.4 Å². The van der Waals surface area contributed by atoms with Gasteiger partial charge in [0.2, 0.25) is 0 Å². The van der Waals surface area contributed by atoms with Gasteiger partial charge in [-0.25, -0.2) is 0 Å². The highest BCUT2D eigenvalue weighted by molar-refractivity contribution is 6.31. The van der Waals surface area contributed by atoms with Crippen molar-refractivity contribution in [2.45, 2.75) is 0 Å². The molecule has 0 fully saturated rings. The number of fused-ring (bicyclic) bond motifs is 13. The zero-order valence-corrected chi connectivity index (χ0v) is 22.5. The summed E-state index contributed by atoms with van der Waals surface area (Å²) in [6.07, 6.45) is 0. The molecule has 10 aromatic rings. The van der Waals surface area contributed by atoms with Crippen LogP contribution in [0.2, 0.25) is 0 Å². The lowest BCUT2D eigenvalue weighted by Crippen LogP contribution is -1.91. The van der Waals surface area contributed by atoms with Crippen molar-refractivity contribution in [3.63, 3.8) is 0 Å². The second-order valence-corrected chi connectivity index (χ2v) is 11.2. The fourth-order valence-electron chi connectivity index (χ4n) is 7.26. The van der Waals surface area contributed by atoms with Crippen LogP contribution in [0.15, 0.2) is 142 Å². The van der Waals surface area contributed by atoms with E-state index in [1.54, 1.807) is 0 Å². The molecule has 0 aliphatic heterocycles. The van der Waals surface area contributed by atoms with E-state index in [1.165, 1.54) is 54.6 Å². The van der Waals surface area contributed by atoms with E-state index in [2.05, 4.69) is 133 Å². The molecule has 3 aromatic heterocycles. The predicted molar refractivity (Wildman–Crippen MR) is 176 cm³/mol. The number of furan rings is 3. The summed E-state index contributed by atoms with van der Waals surface area (Å²) in [6, 6.07) is 48.0. The number of hydrogen-bond donors (Lipinski definition) is 0. The Morgan fingerprint density at radius 2 is 0.929 bits per heavy atom. The van der Waals surface area contributed by atoms with Crippen molar-refractivity contribution in [1.82, 2.24) is 0 Å². The molecule has 42 heavy (non-hydrogen) atoms. The molecule has 194 valence electrons. The van der Waals surface area contributed by atoms with Gasteiger partial charge in [0.1, 0.15) is 11.2 Å². The third-order valence-electron chi connectivity index (χ3n) is 9.02. The van der Waals surface area contributed by atoms with Crippen molar-refractivity contribution in [3.05, 3.63) is 133 Å². The van der Waals surface area contributed by atoms with E-state index in [0.717, 1.165) is 43.9 Å². The van der Waals surface area contributed by atoms with Gasteiger partial charge in [-0.15, -0.1) is 0 Å². The molecule has 7 aromatic carbocycles. The second kappa shape index (κ2) is 7.99. The third kappa shape index (κ3) is 2.78. The Bertz CT molecular complexity index is 2620. The smallest absolute Gasteiger partial charge is 0.182 e. The normalized spacial score (nSPS) is 12.3. The lowest BCUT2D eigenvalue weighted by molar-refractivity contribution is 0.645. The fourth-order valence-corrected chi connectivity index (χ4v) is 7.26. The SMILES string of the molecule is c1ccc2c(-c3c4ccccc4c(-c4ccc5oc6c7oc(c8ccccc87)c6c5c4)c4ccccc34)cccc2c1. The van der Waals surface area contributed by atoms with Crippen LogP contribution in [-0.2, 0) is 0 Å². The molecule has 10 rings (SSSR count). The Hall–Kier alpha value is -5.60. The second-order valence-electron chi connectivity index (χ2n) is 11.2. The van der Waals surface area contributed by atoms with E-state index >= 15 is 0 Å². The summed E-state index contributed by atoms with van der Waals surface area (Å²) in [4.78, 5) is 0. The van der Waals surface area contributed by atoms with Gasteiger partial charge < -0.3 is 8.83 Å². The molecule has 0 amide bonds. The van der Waals surface area contributed by atoms with Crippen molar-refractivity contribution >= 4 is 76.2 Å². The largest absolute Gasteiger partial charge is 0.452 e. The first kappa shape index (κ1) is 22.1. The van der Waals surface area contributed by atoms with Gasteiger partial charge in [-0.3, -0.25) is 0 Å². The van der Waals surface area contributed by atoms with Crippen molar-refractivity contribution in [3.8, 4) is 22.3 Å². The van der Waals surface area contributed by atoms with Gasteiger partial charge in [0.15, 0.2) is 11.2 Å². The molecule has 3 heterocycles. The van der Waals surface area contributed by atoms with E-state index in [0.29, 0.717) is 0 Å². The molecule has 0 aliphatic rings. The highest BCUT2D eigenvalue weighted by atomic mass is 16.4. The van der Waals surface area contributed by atoms with Crippen LogP contribution >= 0.6 is 0 Å². The first-order chi connectivity index (χ1) is 20.8. The van der Waals surface area contributed by atoms with Crippen molar-refractivity contribution in [1.29, 1.82) is 0 Å². The summed E-state index contributed by atoms with van der Waals surface area (Å²) in [5, 5.41) is 11.9. The van der Waals surface area contributed by atoms with Crippen LogP contribution in [0.3, 0.4) is 0 Å². The van der Waals surface area contributed by atoms with Crippen LogP contribution < -0.4 is 0 Å². The summed E-state index contributed by atoms with van der Waals surface area (Å²) in [5.74, 6) is 0. The van der Waals surface area contributed by atoms with E-state index in [9.17, 15) is 0 Å². The average molecular weight is 535 g/mol. The van der Waals surface area contributed by atoms with Crippen LogP contribution in [-0.4, -0.2) is 0 Å². The number of benzene rings is 8. The zero-order valence-electron chi connectivity index (χ0n) is 22.5. The van der Waals surface area contributed by atoms with E-state index in [-0.39, 0.29) is 0 Å². The van der Waals surface area contributed by atoms with Gasteiger partial charge >= 0.3 is 0 Å². The van der Waals surface area contributed by atoms with Gasteiger partial charge in [0.05, 0.1) is 5.39 Å². The molecular formula is C40H22O2. The molecule has 0 radical (unpaired) electrons. The van der Waals surface area contributed by atoms with Gasteiger partial charge in [-0.1, -0.05) is 121 Å². The van der Waals surface area contributed by atoms with Crippen LogP contribution in [0.5, 0.6) is 0 Å². The van der Waals surface area contributed by atoms with E-state index < -0.39 is 0 Å². The first-order valence-corrected chi connectivity index (χ1v) is 14.4. The van der Waals surface area contributed by atoms with Gasteiger partial charge in [0.25, 0.3) is 0 Å². The Morgan fingerprint density at radius 3 is 1.64 bits per heavy atom. The zero-order chi connectivity index (χ0) is 27.4. The monoisotopic (exact) mass is 534 g/mol. The Labute approximate surface area is 240 Å². The number of hydrogen-bond acceptors (Lipinski definition) is 2.